The van der Waals surface area contributed by atoms with Gasteiger partial charge in [-0.1, -0.05) is 42.5 Å². The first kappa shape index (κ1) is 14.0. The van der Waals surface area contributed by atoms with E-state index in [0.717, 1.165) is 16.0 Å². The van der Waals surface area contributed by atoms with Gasteiger partial charge in [-0.05, 0) is 36.1 Å². The Morgan fingerprint density at radius 1 is 0.957 bits per heavy atom. The van der Waals surface area contributed by atoms with Crippen molar-refractivity contribution < 1.29 is 4.42 Å². The normalized spacial score (nSPS) is 11.0. The fraction of sp³-hybridized carbons (Fsp3) is 0.0500. The molecule has 2 aromatic heterocycles. The van der Waals surface area contributed by atoms with Crippen LogP contribution in [0.2, 0.25) is 0 Å². The molecule has 2 nitrogen and oxygen atoms in total. The molecule has 0 saturated carbocycles. The number of hydrogen-bond donors (Lipinski definition) is 0. The van der Waals surface area contributed by atoms with Gasteiger partial charge >= 0.3 is 0 Å². The molecule has 3 heteroatoms. The van der Waals surface area contributed by atoms with Crippen LogP contribution in [0.25, 0.3) is 32.7 Å². The molecule has 0 aliphatic rings. The van der Waals surface area contributed by atoms with E-state index in [1.807, 2.05) is 73.0 Å². The van der Waals surface area contributed by atoms with E-state index in [1.165, 1.54) is 0 Å². The molecule has 0 atom stereocenters. The van der Waals surface area contributed by atoms with Crippen molar-refractivity contribution in [1.82, 2.24) is 0 Å². The van der Waals surface area contributed by atoms with Gasteiger partial charge in [-0.2, -0.15) is 0 Å². The summed E-state index contributed by atoms with van der Waals surface area (Å²) in [7, 11) is 0. The van der Waals surface area contributed by atoms with E-state index < -0.39 is 0 Å². The van der Waals surface area contributed by atoms with Crippen LogP contribution in [0, 0.1) is 6.92 Å². The monoisotopic (exact) mass is 318 g/mol. The second-order valence-electron chi connectivity index (χ2n) is 5.48. The molecule has 0 saturated heterocycles. The zero-order chi connectivity index (χ0) is 15.8. The quantitative estimate of drug-likeness (QED) is 0.489. The molecule has 112 valence electrons. The lowest BCUT2D eigenvalue weighted by Crippen LogP contribution is -2.06. The highest BCUT2D eigenvalue weighted by atomic mass is 32.1. The van der Waals surface area contributed by atoms with Crippen molar-refractivity contribution in [2.45, 2.75) is 6.92 Å². The first-order valence-electron chi connectivity index (χ1n) is 7.41. The van der Waals surface area contributed by atoms with Gasteiger partial charge in [0.15, 0.2) is 0 Å². The van der Waals surface area contributed by atoms with Gasteiger partial charge in [0.25, 0.3) is 0 Å². The predicted octanol–water partition coefficient (Wildman–Crippen LogP) is 5.50. The van der Waals surface area contributed by atoms with Gasteiger partial charge < -0.3 is 4.42 Å². The topological polar surface area (TPSA) is 30.2 Å². The van der Waals surface area contributed by atoms with E-state index >= 15 is 0 Å². The maximum absolute atomic E-state index is 13.1. The summed E-state index contributed by atoms with van der Waals surface area (Å²) < 4.78 is 6.17. The van der Waals surface area contributed by atoms with Crippen molar-refractivity contribution in [2.24, 2.45) is 0 Å². The fourth-order valence-corrected chi connectivity index (χ4v) is 3.50. The van der Waals surface area contributed by atoms with Gasteiger partial charge in [0, 0.05) is 10.4 Å². The van der Waals surface area contributed by atoms with Gasteiger partial charge in [-0.15, -0.1) is 11.3 Å². The minimum atomic E-state index is 0.0209. The molecule has 2 aromatic carbocycles. The van der Waals surface area contributed by atoms with Crippen LogP contribution >= 0.6 is 11.3 Å². The van der Waals surface area contributed by atoms with Crippen molar-refractivity contribution >= 4 is 22.3 Å². The molecule has 0 aliphatic heterocycles. The van der Waals surface area contributed by atoms with Gasteiger partial charge in [0.1, 0.15) is 11.3 Å². The van der Waals surface area contributed by atoms with Crippen LogP contribution in [0.3, 0.4) is 0 Å². The van der Waals surface area contributed by atoms with E-state index in [4.69, 9.17) is 4.42 Å². The van der Waals surface area contributed by atoms with Gasteiger partial charge in [-0.3, -0.25) is 4.79 Å². The molecular weight excluding hydrogens is 304 g/mol. The van der Waals surface area contributed by atoms with Crippen LogP contribution in [0.1, 0.15) is 5.56 Å². The average Bonchev–Trinajstić information content (AvgIpc) is 3.09. The molecule has 0 fully saturated rings. The van der Waals surface area contributed by atoms with Crippen LogP contribution in [0.5, 0.6) is 0 Å². The zero-order valence-electron chi connectivity index (χ0n) is 12.6. The first-order valence-corrected chi connectivity index (χ1v) is 8.29. The van der Waals surface area contributed by atoms with Crippen LogP contribution in [0.4, 0.5) is 0 Å². The Labute approximate surface area is 137 Å². The molecule has 0 N–H and O–H groups in total. The minimum absolute atomic E-state index is 0.0209. The number of hydrogen-bond acceptors (Lipinski definition) is 3. The molecule has 4 aromatic rings. The van der Waals surface area contributed by atoms with Crippen LogP contribution in [-0.4, -0.2) is 0 Å². The maximum Gasteiger partial charge on any atom is 0.201 e. The first-order chi connectivity index (χ1) is 11.2. The van der Waals surface area contributed by atoms with Gasteiger partial charge in [0.05, 0.1) is 10.9 Å². The maximum atomic E-state index is 13.1. The van der Waals surface area contributed by atoms with Crippen molar-refractivity contribution in [1.29, 1.82) is 0 Å². The average molecular weight is 318 g/mol. The molecule has 0 radical (unpaired) electrons. The Balaban J connectivity index is 2.14. The molecule has 0 spiro atoms. The summed E-state index contributed by atoms with van der Waals surface area (Å²) in [6.07, 6.45) is 0. The minimum Gasteiger partial charge on any atom is -0.455 e. The summed E-state index contributed by atoms with van der Waals surface area (Å²) >= 11 is 1.55. The highest BCUT2D eigenvalue weighted by Crippen LogP contribution is 2.34. The molecule has 4 rings (SSSR count). The Morgan fingerprint density at radius 3 is 2.52 bits per heavy atom. The third kappa shape index (κ3) is 2.39. The number of rotatable bonds is 2. The Hall–Kier alpha value is -2.65. The summed E-state index contributed by atoms with van der Waals surface area (Å²) in [6, 6.07) is 19.4. The molecule has 0 unspecified atom stereocenters. The van der Waals surface area contributed by atoms with Crippen LogP contribution in [-0.2, 0) is 0 Å². The van der Waals surface area contributed by atoms with Gasteiger partial charge in [0.2, 0.25) is 5.43 Å². The lowest BCUT2D eigenvalue weighted by atomic mass is 10.0. The van der Waals surface area contributed by atoms with Gasteiger partial charge in [-0.25, -0.2) is 0 Å². The number of aryl methyl sites for hydroxylation is 1. The third-order valence-corrected chi connectivity index (χ3v) is 4.74. The van der Waals surface area contributed by atoms with E-state index in [-0.39, 0.29) is 5.43 Å². The third-order valence-electron chi connectivity index (χ3n) is 3.85. The van der Waals surface area contributed by atoms with Crippen LogP contribution < -0.4 is 5.43 Å². The summed E-state index contributed by atoms with van der Waals surface area (Å²) in [5.74, 6) is 0.635. The van der Waals surface area contributed by atoms with Crippen molar-refractivity contribution in [3.63, 3.8) is 0 Å². The zero-order valence-corrected chi connectivity index (χ0v) is 13.4. The molecule has 0 aliphatic carbocycles. The summed E-state index contributed by atoms with van der Waals surface area (Å²) in [5, 5.41) is 2.60. The van der Waals surface area contributed by atoms with Crippen molar-refractivity contribution in [3.05, 3.63) is 81.8 Å². The standard InChI is InChI=1S/C20H14O2S/c1-13-9-10-15-16(12-13)22-20(14-6-3-2-4-7-14)18(19(15)21)17-8-5-11-23-17/h2-12H,1H3. The second-order valence-corrected chi connectivity index (χ2v) is 6.43. The van der Waals surface area contributed by atoms with Crippen molar-refractivity contribution in [2.75, 3.05) is 0 Å². The second kappa shape index (κ2) is 5.52. The smallest absolute Gasteiger partial charge is 0.201 e. The number of benzene rings is 2. The van der Waals surface area contributed by atoms with Crippen LogP contribution in [0.15, 0.2) is 75.3 Å². The summed E-state index contributed by atoms with van der Waals surface area (Å²) in [5.41, 5.74) is 3.28. The number of fused-ring (bicyclic) bond motifs is 1. The molecule has 23 heavy (non-hydrogen) atoms. The molecule has 2 heterocycles. The lowest BCUT2D eigenvalue weighted by Gasteiger charge is -2.09. The van der Waals surface area contributed by atoms with E-state index in [0.29, 0.717) is 22.3 Å². The molecule has 0 amide bonds. The predicted molar refractivity (Wildman–Crippen MR) is 96.0 cm³/mol. The largest absolute Gasteiger partial charge is 0.455 e. The number of thiophene rings is 1. The fourth-order valence-electron chi connectivity index (χ4n) is 2.74. The summed E-state index contributed by atoms with van der Waals surface area (Å²) in [6.45, 7) is 1.99. The molecular formula is C20H14O2S. The SMILES string of the molecule is Cc1ccc2c(=O)c(-c3cccs3)c(-c3ccccc3)oc2c1. The van der Waals surface area contributed by atoms with Crippen molar-refractivity contribution in [3.8, 4) is 21.8 Å². The lowest BCUT2D eigenvalue weighted by molar-refractivity contribution is 0.620. The highest BCUT2D eigenvalue weighted by molar-refractivity contribution is 7.13. The highest BCUT2D eigenvalue weighted by Gasteiger charge is 2.18. The Bertz CT molecular complexity index is 1030. The Kier molecular flexibility index (Phi) is 3.36. The Morgan fingerprint density at radius 2 is 1.78 bits per heavy atom. The van der Waals surface area contributed by atoms with E-state index in [1.54, 1.807) is 11.3 Å². The van der Waals surface area contributed by atoms with E-state index in [2.05, 4.69) is 0 Å². The summed E-state index contributed by atoms with van der Waals surface area (Å²) in [4.78, 5) is 14.0. The molecule has 0 bridgehead atoms. The van der Waals surface area contributed by atoms with E-state index in [9.17, 15) is 4.79 Å².